The Balaban J connectivity index is 2.78. The second-order valence-electron chi connectivity index (χ2n) is 2.75. The number of pyridine rings is 1. The van der Waals surface area contributed by atoms with E-state index in [1.165, 1.54) is 0 Å². The van der Waals surface area contributed by atoms with Crippen molar-refractivity contribution in [3.05, 3.63) is 22.3 Å². The van der Waals surface area contributed by atoms with Crippen molar-refractivity contribution >= 4 is 27.7 Å². The highest BCUT2D eigenvalue weighted by molar-refractivity contribution is 9.10. The molecule has 14 heavy (non-hydrogen) atoms. The minimum atomic E-state index is -0.217. The molecule has 0 aliphatic carbocycles. The summed E-state index contributed by atoms with van der Waals surface area (Å²) in [5, 5.41) is 2.62. The lowest BCUT2D eigenvalue weighted by Crippen LogP contribution is -2.12. The number of halogens is 1. The van der Waals surface area contributed by atoms with Gasteiger partial charge in [0.05, 0.1) is 6.42 Å². The van der Waals surface area contributed by atoms with Crippen LogP contribution in [0.4, 0.5) is 5.82 Å². The fraction of sp³-hybridized carbons (Fsp3) is 0.200. The molecular weight excluding hydrogens is 244 g/mol. The van der Waals surface area contributed by atoms with Crippen LogP contribution in [0.15, 0.2) is 16.7 Å². The zero-order valence-electron chi connectivity index (χ0n) is 7.67. The number of nitrogens with zero attached hydrogens (tertiary/aromatic N) is 1. The van der Waals surface area contributed by atoms with Gasteiger partial charge in [0.2, 0.25) is 5.91 Å². The molecule has 0 saturated heterocycles. The smallest absolute Gasteiger partial charge is 0.237 e. The van der Waals surface area contributed by atoms with Crippen molar-refractivity contribution in [2.45, 2.75) is 13.3 Å². The van der Waals surface area contributed by atoms with Crippen LogP contribution >= 0.6 is 15.9 Å². The average molecular weight is 253 g/mol. The molecule has 0 radical (unpaired) electrons. The van der Waals surface area contributed by atoms with E-state index in [1.807, 2.05) is 13.0 Å². The first kappa shape index (κ1) is 10.7. The molecule has 0 aliphatic rings. The van der Waals surface area contributed by atoms with Gasteiger partial charge < -0.3 is 5.32 Å². The number of carbonyl (C=O) groups is 1. The van der Waals surface area contributed by atoms with Gasteiger partial charge in [0.1, 0.15) is 5.82 Å². The molecule has 0 aliphatic heterocycles. The first-order valence-electron chi connectivity index (χ1n) is 3.99. The van der Waals surface area contributed by atoms with E-state index in [0.29, 0.717) is 5.82 Å². The summed E-state index contributed by atoms with van der Waals surface area (Å²) in [5.41, 5.74) is 0.893. The van der Waals surface area contributed by atoms with Gasteiger partial charge in [0.25, 0.3) is 0 Å². The third kappa shape index (κ3) is 2.86. The van der Waals surface area contributed by atoms with Crippen LogP contribution in [0.3, 0.4) is 0 Å². The summed E-state index contributed by atoms with van der Waals surface area (Å²) >= 11 is 3.29. The molecule has 0 fully saturated rings. The molecule has 0 aromatic carbocycles. The van der Waals surface area contributed by atoms with Crippen LogP contribution in [0.1, 0.15) is 12.0 Å². The predicted octanol–water partition coefficient (Wildman–Crippen LogP) is 2.11. The van der Waals surface area contributed by atoms with Crippen LogP contribution in [0.5, 0.6) is 0 Å². The van der Waals surface area contributed by atoms with Gasteiger partial charge in [0, 0.05) is 10.7 Å². The maximum absolute atomic E-state index is 11.1. The third-order valence-corrected chi connectivity index (χ3v) is 2.00. The van der Waals surface area contributed by atoms with Gasteiger partial charge in [0.15, 0.2) is 0 Å². The van der Waals surface area contributed by atoms with Gasteiger partial charge in [-0.05, 0) is 34.5 Å². The number of carbonyl (C=O) groups excluding carboxylic acids is 1. The van der Waals surface area contributed by atoms with E-state index < -0.39 is 0 Å². The molecule has 1 aromatic heterocycles. The fourth-order valence-electron chi connectivity index (χ4n) is 0.940. The van der Waals surface area contributed by atoms with Crippen molar-refractivity contribution in [2.75, 3.05) is 5.32 Å². The van der Waals surface area contributed by atoms with Crippen LogP contribution in [0.2, 0.25) is 0 Å². The SMILES string of the molecule is C#CCC(=O)Nc1ncc(Br)cc1C. The van der Waals surface area contributed by atoms with Crippen LogP contribution in [-0.4, -0.2) is 10.9 Å². The molecule has 3 nitrogen and oxygen atoms in total. The Bertz CT molecular complexity index is 396. The summed E-state index contributed by atoms with van der Waals surface area (Å²) < 4.78 is 0.880. The van der Waals surface area contributed by atoms with E-state index >= 15 is 0 Å². The number of amides is 1. The first-order valence-corrected chi connectivity index (χ1v) is 4.78. The molecular formula is C10H9BrN2O. The van der Waals surface area contributed by atoms with Crippen LogP contribution < -0.4 is 5.32 Å². The quantitative estimate of drug-likeness (QED) is 0.820. The lowest BCUT2D eigenvalue weighted by Gasteiger charge is -2.05. The van der Waals surface area contributed by atoms with Gasteiger partial charge in [-0.25, -0.2) is 4.98 Å². The van der Waals surface area contributed by atoms with Crippen molar-refractivity contribution < 1.29 is 4.79 Å². The molecule has 1 N–H and O–H groups in total. The molecule has 1 rings (SSSR count). The largest absolute Gasteiger partial charge is 0.310 e. The maximum Gasteiger partial charge on any atom is 0.237 e. The molecule has 0 atom stereocenters. The molecule has 0 saturated carbocycles. The summed E-state index contributed by atoms with van der Waals surface area (Å²) in [7, 11) is 0. The van der Waals surface area contributed by atoms with Crippen LogP contribution in [0.25, 0.3) is 0 Å². The second kappa shape index (κ2) is 4.77. The Morgan fingerprint density at radius 3 is 3.07 bits per heavy atom. The Labute approximate surface area is 91.1 Å². The summed E-state index contributed by atoms with van der Waals surface area (Å²) in [6.07, 6.45) is 6.70. The Hall–Kier alpha value is -1.34. The lowest BCUT2D eigenvalue weighted by molar-refractivity contribution is -0.115. The normalized spacial score (nSPS) is 9.21. The standard InChI is InChI=1S/C10H9BrN2O/c1-3-4-9(14)13-10-7(2)5-8(11)6-12-10/h1,5-6H,4H2,2H3,(H,12,13,14). The average Bonchev–Trinajstić information content (AvgIpc) is 2.10. The van der Waals surface area contributed by atoms with E-state index in [2.05, 4.69) is 32.2 Å². The minimum Gasteiger partial charge on any atom is -0.310 e. The van der Waals surface area contributed by atoms with E-state index in [9.17, 15) is 4.79 Å². The highest BCUT2D eigenvalue weighted by atomic mass is 79.9. The van der Waals surface area contributed by atoms with Crippen LogP contribution in [-0.2, 0) is 4.79 Å². The Morgan fingerprint density at radius 1 is 1.79 bits per heavy atom. The van der Waals surface area contributed by atoms with E-state index in [4.69, 9.17) is 6.42 Å². The van der Waals surface area contributed by atoms with Gasteiger partial charge in [-0.15, -0.1) is 6.42 Å². The monoisotopic (exact) mass is 252 g/mol. The van der Waals surface area contributed by atoms with E-state index in [-0.39, 0.29) is 12.3 Å². The molecule has 1 aromatic rings. The van der Waals surface area contributed by atoms with Gasteiger partial charge in [-0.3, -0.25) is 4.79 Å². The van der Waals surface area contributed by atoms with Crippen molar-refractivity contribution in [1.29, 1.82) is 0 Å². The number of aryl methyl sites for hydroxylation is 1. The van der Waals surface area contributed by atoms with Gasteiger partial charge in [-0.2, -0.15) is 0 Å². The molecule has 0 bridgehead atoms. The molecule has 0 spiro atoms. The molecule has 72 valence electrons. The number of anilines is 1. The highest BCUT2D eigenvalue weighted by Gasteiger charge is 2.04. The summed E-state index contributed by atoms with van der Waals surface area (Å²) in [6.45, 7) is 1.86. The lowest BCUT2D eigenvalue weighted by atomic mass is 10.3. The number of nitrogens with one attached hydrogen (secondary N) is 1. The molecule has 1 amide bonds. The summed E-state index contributed by atoms with van der Waals surface area (Å²) in [5.74, 6) is 2.60. The molecule has 0 unspecified atom stereocenters. The predicted molar refractivity (Wildman–Crippen MR) is 58.8 cm³/mol. The fourth-order valence-corrected chi connectivity index (χ4v) is 1.39. The highest BCUT2D eigenvalue weighted by Crippen LogP contribution is 2.16. The van der Waals surface area contributed by atoms with Crippen molar-refractivity contribution in [3.63, 3.8) is 0 Å². The maximum atomic E-state index is 11.1. The number of hydrogen-bond donors (Lipinski definition) is 1. The molecule has 4 heteroatoms. The van der Waals surface area contributed by atoms with Gasteiger partial charge >= 0.3 is 0 Å². The topological polar surface area (TPSA) is 42.0 Å². The Kier molecular flexibility index (Phi) is 3.66. The third-order valence-electron chi connectivity index (χ3n) is 1.57. The van der Waals surface area contributed by atoms with Crippen molar-refractivity contribution in [3.8, 4) is 12.3 Å². The minimum absolute atomic E-state index is 0.0667. The van der Waals surface area contributed by atoms with Crippen molar-refractivity contribution in [1.82, 2.24) is 4.98 Å². The van der Waals surface area contributed by atoms with Crippen LogP contribution in [0, 0.1) is 19.3 Å². The van der Waals surface area contributed by atoms with Crippen molar-refractivity contribution in [2.24, 2.45) is 0 Å². The van der Waals surface area contributed by atoms with E-state index in [0.717, 1.165) is 10.0 Å². The summed E-state index contributed by atoms with van der Waals surface area (Å²) in [6, 6.07) is 1.87. The van der Waals surface area contributed by atoms with E-state index in [1.54, 1.807) is 6.20 Å². The number of rotatable bonds is 2. The zero-order valence-corrected chi connectivity index (χ0v) is 9.26. The zero-order chi connectivity index (χ0) is 10.6. The second-order valence-corrected chi connectivity index (χ2v) is 3.66. The number of aromatic nitrogens is 1. The Morgan fingerprint density at radius 2 is 2.50 bits per heavy atom. The first-order chi connectivity index (χ1) is 6.63. The molecule has 1 heterocycles. The van der Waals surface area contributed by atoms with Gasteiger partial charge in [-0.1, -0.05) is 5.92 Å². The summed E-state index contributed by atoms with van der Waals surface area (Å²) in [4.78, 5) is 15.2. The number of terminal acetylenes is 1. The number of hydrogen-bond acceptors (Lipinski definition) is 2.